The molecule has 92 valence electrons. The Morgan fingerprint density at radius 3 is 2.47 bits per heavy atom. The Hall–Kier alpha value is -0.770. The summed E-state index contributed by atoms with van der Waals surface area (Å²) in [5.41, 5.74) is 0.610. The van der Waals surface area contributed by atoms with Crippen LogP contribution in [0.1, 0.15) is 24.5 Å². The lowest BCUT2D eigenvalue weighted by Gasteiger charge is -2.12. The molecule has 1 aliphatic carbocycles. The number of amides is 1. The zero-order chi connectivity index (χ0) is 12.4. The van der Waals surface area contributed by atoms with Gasteiger partial charge in [-0.1, -0.05) is 23.2 Å². The average molecular weight is 274 g/mol. The third-order valence-electron chi connectivity index (χ3n) is 2.69. The van der Waals surface area contributed by atoms with Crippen molar-refractivity contribution in [2.75, 3.05) is 6.54 Å². The Kier molecular flexibility index (Phi) is 3.92. The van der Waals surface area contributed by atoms with E-state index in [9.17, 15) is 9.90 Å². The van der Waals surface area contributed by atoms with Crippen molar-refractivity contribution in [3.8, 4) is 0 Å². The fourth-order valence-electron chi connectivity index (χ4n) is 1.57. The van der Waals surface area contributed by atoms with Crippen LogP contribution in [0.2, 0.25) is 10.0 Å². The number of carbonyl (C=O) groups excluding carboxylic acids is 1. The van der Waals surface area contributed by atoms with E-state index in [0.29, 0.717) is 15.6 Å². The Morgan fingerprint density at radius 1 is 1.35 bits per heavy atom. The number of hydrogen-bond donors (Lipinski definition) is 2. The minimum atomic E-state index is -0.783. The van der Waals surface area contributed by atoms with Crippen molar-refractivity contribution >= 4 is 29.1 Å². The highest BCUT2D eigenvalue weighted by atomic mass is 35.5. The van der Waals surface area contributed by atoms with E-state index in [0.717, 1.165) is 12.8 Å². The molecule has 2 rings (SSSR count). The highest BCUT2D eigenvalue weighted by Gasteiger charge is 2.29. The van der Waals surface area contributed by atoms with Gasteiger partial charge in [0.25, 0.3) is 0 Å². The summed E-state index contributed by atoms with van der Waals surface area (Å²) in [6.45, 7) is 0.187. The van der Waals surface area contributed by atoms with Crippen LogP contribution in [0.4, 0.5) is 0 Å². The van der Waals surface area contributed by atoms with Crippen molar-refractivity contribution in [2.24, 2.45) is 5.92 Å². The Morgan fingerprint density at radius 2 is 1.94 bits per heavy atom. The smallest absolute Gasteiger partial charge is 0.223 e. The summed E-state index contributed by atoms with van der Waals surface area (Å²) < 4.78 is 0. The van der Waals surface area contributed by atoms with Crippen LogP contribution in [0.15, 0.2) is 18.2 Å². The van der Waals surface area contributed by atoms with E-state index in [1.807, 2.05) is 0 Å². The summed E-state index contributed by atoms with van der Waals surface area (Å²) >= 11 is 11.7. The van der Waals surface area contributed by atoms with Crippen LogP contribution < -0.4 is 5.32 Å². The number of halogens is 2. The largest absolute Gasteiger partial charge is 0.387 e. The highest BCUT2D eigenvalue weighted by molar-refractivity contribution is 6.34. The third kappa shape index (κ3) is 3.60. The minimum Gasteiger partial charge on any atom is -0.387 e. The fourth-order valence-corrected chi connectivity index (χ4v) is 2.12. The number of aliphatic hydroxyl groups excluding tert-OH is 1. The van der Waals surface area contributed by atoms with Gasteiger partial charge in [0.2, 0.25) is 5.91 Å². The second kappa shape index (κ2) is 5.25. The molecule has 0 bridgehead atoms. The molecule has 0 aliphatic heterocycles. The second-order valence-electron chi connectivity index (χ2n) is 4.24. The Labute approximate surface area is 110 Å². The molecule has 0 saturated heterocycles. The molecule has 1 unspecified atom stereocenters. The van der Waals surface area contributed by atoms with E-state index < -0.39 is 6.10 Å². The predicted octanol–water partition coefficient (Wildman–Crippen LogP) is 2.55. The van der Waals surface area contributed by atoms with E-state index in [-0.39, 0.29) is 18.4 Å². The van der Waals surface area contributed by atoms with Gasteiger partial charge in [-0.2, -0.15) is 0 Å². The molecule has 1 atom stereocenters. The standard InChI is InChI=1S/C12H13Cl2NO2/c13-9-3-8(4-10(14)5-9)11(16)6-15-12(17)7-1-2-7/h3-5,7,11,16H,1-2,6H2,(H,15,17). The maximum atomic E-state index is 11.4. The van der Waals surface area contributed by atoms with Gasteiger partial charge in [0.1, 0.15) is 0 Å². The molecule has 5 heteroatoms. The van der Waals surface area contributed by atoms with Crippen molar-refractivity contribution in [1.82, 2.24) is 5.32 Å². The molecule has 1 saturated carbocycles. The van der Waals surface area contributed by atoms with E-state index in [2.05, 4.69) is 5.32 Å². The molecule has 1 amide bonds. The lowest BCUT2D eigenvalue weighted by Crippen LogP contribution is -2.29. The second-order valence-corrected chi connectivity index (χ2v) is 5.11. The number of hydrogen-bond acceptors (Lipinski definition) is 2. The molecule has 1 aromatic rings. The van der Waals surface area contributed by atoms with Gasteiger partial charge in [0.05, 0.1) is 6.10 Å². The monoisotopic (exact) mass is 273 g/mol. The van der Waals surface area contributed by atoms with E-state index >= 15 is 0 Å². The van der Waals surface area contributed by atoms with Crippen molar-refractivity contribution in [2.45, 2.75) is 18.9 Å². The Balaban J connectivity index is 1.93. The van der Waals surface area contributed by atoms with Crippen molar-refractivity contribution in [3.05, 3.63) is 33.8 Å². The lowest BCUT2D eigenvalue weighted by molar-refractivity contribution is -0.122. The van der Waals surface area contributed by atoms with Crippen LogP contribution in [0.3, 0.4) is 0 Å². The molecule has 0 aromatic heterocycles. The van der Waals surface area contributed by atoms with E-state index in [1.165, 1.54) is 0 Å². The third-order valence-corrected chi connectivity index (χ3v) is 3.12. The molecule has 17 heavy (non-hydrogen) atoms. The molecule has 0 heterocycles. The van der Waals surface area contributed by atoms with Crippen LogP contribution in [0.5, 0.6) is 0 Å². The Bertz CT molecular complexity index is 412. The minimum absolute atomic E-state index is 0.0113. The van der Waals surface area contributed by atoms with Crippen LogP contribution >= 0.6 is 23.2 Å². The summed E-state index contributed by atoms with van der Waals surface area (Å²) in [6, 6.07) is 4.88. The van der Waals surface area contributed by atoms with Gasteiger partial charge in [-0.25, -0.2) is 0 Å². The summed E-state index contributed by atoms with van der Waals surface area (Å²) in [5.74, 6) is 0.155. The highest BCUT2D eigenvalue weighted by Crippen LogP contribution is 2.29. The van der Waals surface area contributed by atoms with Gasteiger partial charge in [-0.3, -0.25) is 4.79 Å². The maximum absolute atomic E-state index is 11.4. The van der Waals surface area contributed by atoms with Gasteiger partial charge >= 0.3 is 0 Å². The number of benzene rings is 1. The average Bonchev–Trinajstić information content (AvgIpc) is 3.07. The van der Waals surface area contributed by atoms with Gasteiger partial charge in [-0.15, -0.1) is 0 Å². The van der Waals surface area contributed by atoms with Gasteiger partial charge in [0.15, 0.2) is 0 Å². The normalized spacial score (nSPS) is 16.6. The van der Waals surface area contributed by atoms with Crippen molar-refractivity contribution in [3.63, 3.8) is 0 Å². The molecular weight excluding hydrogens is 261 g/mol. The van der Waals surface area contributed by atoms with Crippen molar-refractivity contribution < 1.29 is 9.90 Å². The summed E-state index contributed by atoms with van der Waals surface area (Å²) in [5, 5.41) is 13.5. The first kappa shape index (κ1) is 12.7. The fraction of sp³-hybridized carbons (Fsp3) is 0.417. The molecule has 0 radical (unpaired) electrons. The van der Waals surface area contributed by atoms with Gasteiger partial charge in [-0.05, 0) is 36.6 Å². The number of nitrogens with one attached hydrogen (secondary N) is 1. The topological polar surface area (TPSA) is 49.3 Å². The quantitative estimate of drug-likeness (QED) is 0.886. The van der Waals surface area contributed by atoms with E-state index in [4.69, 9.17) is 23.2 Å². The zero-order valence-electron chi connectivity index (χ0n) is 9.12. The number of aliphatic hydroxyl groups is 1. The first-order valence-electron chi connectivity index (χ1n) is 5.48. The van der Waals surface area contributed by atoms with Crippen LogP contribution in [0, 0.1) is 5.92 Å². The molecule has 0 spiro atoms. The summed E-state index contributed by atoms with van der Waals surface area (Å²) in [7, 11) is 0. The molecule has 1 aliphatic rings. The molecule has 1 fully saturated rings. The SMILES string of the molecule is O=C(NCC(O)c1cc(Cl)cc(Cl)c1)C1CC1. The number of carbonyl (C=O) groups is 1. The molecule has 3 nitrogen and oxygen atoms in total. The number of rotatable bonds is 4. The summed E-state index contributed by atoms with van der Waals surface area (Å²) in [4.78, 5) is 11.4. The van der Waals surface area contributed by atoms with E-state index in [1.54, 1.807) is 18.2 Å². The van der Waals surface area contributed by atoms with Crippen molar-refractivity contribution in [1.29, 1.82) is 0 Å². The lowest BCUT2D eigenvalue weighted by atomic mass is 10.1. The predicted molar refractivity (Wildman–Crippen MR) is 67.2 cm³/mol. The zero-order valence-corrected chi connectivity index (χ0v) is 10.6. The molecule has 1 aromatic carbocycles. The summed E-state index contributed by atoms with van der Waals surface area (Å²) in [6.07, 6.45) is 1.12. The first-order valence-corrected chi connectivity index (χ1v) is 6.23. The molecule has 2 N–H and O–H groups in total. The van der Waals surface area contributed by atoms with Crippen LogP contribution in [-0.2, 0) is 4.79 Å². The maximum Gasteiger partial charge on any atom is 0.223 e. The van der Waals surface area contributed by atoms with Crippen LogP contribution in [-0.4, -0.2) is 17.6 Å². The van der Waals surface area contributed by atoms with Gasteiger partial charge < -0.3 is 10.4 Å². The van der Waals surface area contributed by atoms with Crippen LogP contribution in [0.25, 0.3) is 0 Å². The first-order chi connectivity index (χ1) is 8.06. The van der Waals surface area contributed by atoms with Gasteiger partial charge in [0, 0.05) is 22.5 Å². The molecular formula is C12H13Cl2NO2.